The molecule has 0 bridgehead atoms. The third-order valence-electron chi connectivity index (χ3n) is 2.86. The van der Waals surface area contributed by atoms with Crippen LogP contribution in [0.25, 0.3) is 0 Å². The van der Waals surface area contributed by atoms with Crippen molar-refractivity contribution in [1.29, 1.82) is 0 Å². The number of hydrazine groups is 1. The van der Waals surface area contributed by atoms with E-state index in [9.17, 15) is 10.1 Å². The summed E-state index contributed by atoms with van der Waals surface area (Å²) < 4.78 is 1.72. The average Bonchev–Trinajstić information content (AvgIpc) is 2.83. The van der Waals surface area contributed by atoms with Crippen LogP contribution in [-0.2, 0) is 13.5 Å². The molecule has 1 aromatic carbocycles. The second kappa shape index (κ2) is 6.02. The standard InChI is InChI=1S/C12H16N6O2/c1-17-8-9(7-15-17)5-6-14-10-3-2-4-11(16-13)12(10)18(19)20/h2-4,7-8,14,16H,5-6,13H2,1H3. The number of nitro benzene ring substituents is 1. The molecule has 0 amide bonds. The fourth-order valence-corrected chi connectivity index (χ4v) is 1.94. The topological polar surface area (TPSA) is 111 Å². The first-order valence-electron chi connectivity index (χ1n) is 6.07. The monoisotopic (exact) mass is 276 g/mol. The molecule has 0 radical (unpaired) electrons. The van der Waals surface area contributed by atoms with E-state index in [1.165, 1.54) is 0 Å². The van der Waals surface area contributed by atoms with Gasteiger partial charge in [0.2, 0.25) is 0 Å². The van der Waals surface area contributed by atoms with Crippen molar-refractivity contribution < 1.29 is 4.92 Å². The van der Waals surface area contributed by atoms with Crippen molar-refractivity contribution >= 4 is 17.1 Å². The van der Waals surface area contributed by atoms with Crippen molar-refractivity contribution in [3.05, 3.63) is 46.3 Å². The molecule has 0 unspecified atom stereocenters. The number of aromatic nitrogens is 2. The summed E-state index contributed by atoms with van der Waals surface area (Å²) in [5.74, 6) is 5.29. The quantitative estimate of drug-likeness (QED) is 0.416. The van der Waals surface area contributed by atoms with Gasteiger partial charge in [-0.15, -0.1) is 0 Å². The van der Waals surface area contributed by atoms with Gasteiger partial charge in [-0.2, -0.15) is 5.10 Å². The molecule has 106 valence electrons. The summed E-state index contributed by atoms with van der Waals surface area (Å²) >= 11 is 0. The Morgan fingerprint density at radius 1 is 1.45 bits per heavy atom. The Kier molecular flexibility index (Phi) is 4.16. The van der Waals surface area contributed by atoms with Gasteiger partial charge >= 0.3 is 5.69 Å². The van der Waals surface area contributed by atoms with Crippen LogP contribution in [-0.4, -0.2) is 21.2 Å². The second-order valence-electron chi connectivity index (χ2n) is 4.30. The Hall–Kier alpha value is -2.61. The fourth-order valence-electron chi connectivity index (χ4n) is 1.94. The highest BCUT2D eigenvalue weighted by Gasteiger charge is 2.18. The number of para-hydroxylation sites is 1. The molecule has 4 N–H and O–H groups in total. The van der Waals surface area contributed by atoms with Crippen LogP contribution in [0.1, 0.15) is 5.56 Å². The second-order valence-corrected chi connectivity index (χ2v) is 4.30. The third-order valence-corrected chi connectivity index (χ3v) is 2.86. The minimum atomic E-state index is -0.457. The molecular weight excluding hydrogens is 260 g/mol. The van der Waals surface area contributed by atoms with Crippen LogP contribution in [0.15, 0.2) is 30.6 Å². The lowest BCUT2D eigenvalue weighted by Crippen LogP contribution is -2.12. The average molecular weight is 276 g/mol. The van der Waals surface area contributed by atoms with Gasteiger partial charge in [0.15, 0.2) is 0 Å². The van der Waals surface area contributed by atoms with Crippen LogP contribution in [0.2, 0.25) is 0 Å². The van der Waals surface area contributed by atoms with E-state index in [0.29, 0.717) is 12.2 Å². The van der Waals surface area contributed by atoms with E-state index < -0.39 is 4.92 Å². The lowest BCUT2D eigenvalue weighted by molar-refractivity contribution is -0.383. The normalized spacial score (nSPS) is 10.3. The number of rotatable bonds is 6. The van der Waals surface area contributed by atoms with Gasteiger partial charge < -0.3 is 10.7 Å². The number of nitro groups is 1. The largest absolute Gasteiger partial charge is 0.379 e. The number of nitrogens with zero attached hydrogens (tertiary/aromatic N) is 3. The van der Waals surface area contributed by atoms with Gasteiger partial charge in [0.1, 0.15) is 11.4 Å². The van der Waals surface area contributed by atoms with E-state index in [2.05, 4.69) is 15.8 Å². The van der Waals surface area contributed by atoms with E-state index in [-0.39, 0.29) is 11.4 Å². The zero-order valence-electron chi connectivity index (χ0n) is 11.0. The molecule has 8 heteroatoms. The van der Waals surface area contributed by atoms with Gasteiger partial charge in [-0.3, -0.25) is 20.6 Å². The highest BCUT2D eigenvalue weighted by atomic mass is 16.6. The van der Waals surface area contributed by atoms with Gasteiger partial charge in [-0.25, -0.2) is 0 Å². The molecule has 1 heterocycles. The molecule has 0 aliphatic heterocycles. The molecule has 2 rings (SSSR count). The number of anilines is 2. The Morgan fingerprint density at radius 3 is 2.80 bits per heavy atom. The molecule has 0 spiro atoms. The van der Waals surface area contributed by atoms with Crippen molar-refractivity contribution in [3.63, 3.8) is 0 Å². The van der Waals surface area contributed by atoms with E-state index in [1.807, 2.05) is 13.2 Å². The van der Waals surface area contributed by atoms with Crippen molar-refractivity contribution in [1.82, 2.24) is 9.78 Å². The van der Waals surface area contributed by atoms with Crippen molar-refractivity contribution in [2.45, 2.75) is 6.42 Å². The van der Waals surface area contributed by atoms with Crippen LogP contribution >= 0.6 is 0 Å². The summed E-state index contributed by atoms with van der Waals surface area (Å²) in [4.78, 5) is 10.6. The molecule has 0 saturated heterocycles. The first kappa shape index (κ1) is 13.8. The van der Waals surface area contributed by atoms with Crippen LogP contribution in [0.5, 0.6) is 0 Å². The molecule has 0 aliphatic rings. The number of nitrogen functional groups attached to an aromatic ring is 1. The minimum Gasteiger partial charge on any atom is -0.379 e. The first-order valence-corrected chi connectivity index (χ1v) is 6.07. The van der Waals surface area contributed by atoms with E-state index in [0.717, 1.165) is 12.0 Å². The minimum absolute atomic E-state index is 0.0545. The Labute approximate surface area is 115 Å². The molecule has 0 aliphatic carbocycles. The van der Waals surface area contributed by atoms with Crippen molar-refractivity contribution in [3.8, 4) is 0 Å². The zero-order chi connectivity index (χ0) is 14.5. The summed E-state index contributed by atoms with van der Waals surface area (Å²) in [5, 5.41) is 18.2. The molecule has 0 atom stereocenters. The number of hydrogen-bond donors (Lipinski definition) is 3. The Balaban J connectivity index is 2.07. The van der Waals surface area contributed by atoms with E-state index in [1.54, 1.807) is 29.1 Å². The highest BCUT2D eigenvalue weighted by Crippen LogP contribution is 2.31. The lowest BCUT2D eigenvalue weighted by atomic mass is 10.2. The van der Waals surface area contributed by atoms with Crippen LogP contribution < -0.4 is 16.6 Å². The summed E-state index contributed by atoms with van der Waals surface area (Å²) in [6.45, 7) is 0.570. The van der Waals surface area contributed by atoms with Crippen LogP contribution in [0, 0.1) is 10.1 Å². The van der Waals surface area contributed by atoms with E-state index in [4.69, 9.17) is 5.84 Å². The number of nitrogens with two attached hydrogens (primary N) is 1. The molecule has 8 nitrogen and oxygen atoms in total. The smallest absolute Gasteiger partial charge is 0.316 e. The number of aryl methyl sites for hydroxylation is 1. The molecule has 0 saturated carbocycles. The van der Waals surface area contributed by atoms with E-state index >= 15 is 0 Å². The van der Waals surface area contributed by atoms with Crippen LogP contribution in [0.4, 0.5) is 17.1 Å². The predicted molar refractivity (Wildman–Crippen MR) is 76.3 cm³/mol. The summed E-state index contributed by atoms with van der Waals surface area (Å²) in [6, 6.07) is 4.92. The SMILES string of the molecule is Cn1cc(CCNc2cccc(NN)c2[N+](=O)[O-])cn1. The highest BCUT2D eigenvalue weighted by molar-refractivity contribution is 5.75. The first-order chi connectivity index (χ1) is 9.61. The maximum Gasteiger partial charge on any atom is 0.316 e. The number of nitrogens with one attached hydrogen (secondary N) is 2. The number of hydrogen-bond acceptors (Lipinski definition) is 6. The Morgan fingerprint density at radius 2 is 2.20 bits per heavy atom. The predicted octanol–water partition coefficient (Wildman–Crippen LogP) is 1.27. The van der Waals surface area contributed by atoms with Crippen LogP contribution in [0.3, 0.4) is 0 Å². The zero-order valence-corrected chi connectivity index (χ0v) is 11.0. The summed E-state index contributed by atoms with van der Waals surface area (Å²) in [7, 11) is 1.85. The molecular formula is C12H16N6O2. The Bertz CT molecular complexity index is 610. The molecule has 0 fully saturated rings. The van der Waals surface area contributed by atoms with Gasteiger partial charge in [-0.05, 0) is 24.1 Å². The maximum absolute atomic E-state index is 11.1. The summed E-state index contributed by atoms with van der Waals surface area (Å²) in [6.07, 6.45) is 4.41. The van der Waals surface area contributed by atoms with Crippen molar-refractivity contribution in [2.24, 2.45) is 12.9 Å². The third kappa shape index (κ3) is 3.04. The summed E-state index contributed by atoms with van der Waals surface area (Å²) in [5.41, 5.74) is 4.06. The van der Waals surface area contributed by atoms with Gasteiger partial charge in [-0.1, -0.05) is 6.07 Å². The maximum atomic E-state index is 11.1. The fraction of sp³-hybridized carbons (Fsp3) is 0.250. The molecule has 20 heavy (non-hydrogen) atoms. The lowest BCUT2D eigenvalue weighted by Gasteiger charge is -2.09. The van der Waals surface area contributed by atoms with Crippen molar-refractivity contribution in [2.75, 3.05) is 17.3 Å². The van der Waals surface area contributed by atoms with Gasteiger partial charge in [0, 0.05) is 19.8 Å². The number of benzene rings is 1. The van der Waals surface area contributed by atoms with Gasteiger partial charge in [0.05, 0.1) is 11.1 Å². The van der Waals surface area contributed by atoms with Gasteiger partial charge in [0.25, 0.3) is 0 Å². The molecule has 2 aromatic rings. The molecule has 1 aromatic heterocycles.